The number of carbonyl (C=O) groups is 17. The van der Waals surface area contributed by atoms with E-state index in [9.17, 15) is 87.9 Å². The summed E-state index contributed by atoms with van der Waals surface area (Å²) in [6.45, 7) is -3.47. The molecule has 3 fully saturated rings. The van der Waals surface area contributed by atoms with Gasteiger partial charge in [-0.1, -0.05) is 116 Å². The fraction of sp³-hybridized carbons (Fsp3) is 0.474. The smallest absolute Gasteiger partial charge is 0.549 e. The molecule has 47 heteroatoms. The van der Waals surface area contributed by atoms with Crippen molar-refractivity contribution in [1.82, 2.24) is 104 Å². The first-order valence-corrected chi connectivity index (χ1v) is 47.6. The van der Waals surface area contributed by atoms with Crippen LogP contribution in [0.4, 0.5) is 4.79 Å². The average molecular weight is 2100 g/mol. The van der Waals surface area contributed by atoms with Crippen LogP contribution in [0.5, 0.6) is 11.5 Å². The second-order valence-electron chi connectivity index (χ2n) is 35.6. The number of phenolic OH excluding ortho intramolecular Hbond substituents is 2. The molecule has 3 saturated heterocycles. The third kappa shape index (κ3) is 39.1. The van der Waals surface area contributed by atoms with E-state index in [1.165, 1.54) is 82.2 Å². The van der Waals surface area contributed by atoms with Gasteiger partial charge < -0.3 is 141 Å². The van der Waals surface area contributed by atoms with Gasteiger partial charge in [-0.05, 0) is 132 Å². The summed E-state index contributed by atoms with van der Waals surface area (Å²) >= 11 is 0. The summed E-state index contributed by atoms with van der Waals surface area (Å²) in [6, 6.07) is 23.4. The fourth-order valence-electron chi connectivity index (χ4n) is 16.8. The van der Waals surface area contributed by atoms with Gasteiger partial charge in [-0.15, -0.1) is 0 Å². The number of carbonyl (C=O) groups excluding carboxylic acids is 17. The van der Waals surface area contributed by atoms with Gasteiger partial charge in [-0.25, -0.2) is 4.79 Å². The van der Waals surface area contributed by atoms with Gasteiger partial charge in [-0.3, -0.25) is 87.8 Å². The molecule has 9 atom stereocenters. The molecule has 0 unspecified atom stereocenters. The van der Waals surface area contributed by atoms with Crippen molar-refractivity contribution in [1.29, 1.82) is 10.8 Å². The molecule has 0 saturated carbocycles. The summed E-state index contributed by atoms with van der Waals surface area (Å²) in [5.41, 5.74) is 13.3. The average Bonchev–Trinajstić information content (AvgIpc) is 1.12. The number of carboxylic acids is 3. The Balaban J connectivity index is 0.0000253. The Kier molecular flexibility index (Phi) is 46.9. The van der Waals surface area contributed by atoms with Crippen molar-refractivity contribution >= 4 is 160 Å². The summed E-state index contributed by atoms with van der Waals surface area (Å²) in [5.74, 6) is -16.2. The number of carboxylic acid groups (broad SMARTS) is 3. The number of hydrogen-bond donors (Lipinski definition) is 20. The molecular formula is C97H129InN24O22. The van der Waals surface area contributed by atoms with Gasteiger partial charge >= 0.3 is 31.9 Å². The van der Waals surface area contributed by atoms with Crippen LogP contribution in [0.15, 0.2) is 133 Å². The number of urea groups is 1. The number of nitrogens with zero attached hydrogens (tertiary/aromatic N) is 6. The maximum absolute atomic E-state index is 15.3. The minimum absolute atomic E-state index is 0. The Morgan fingerprint density at radius 3 is 1.17 bits per heavy atom. The Morgan fingerprint density at radius 2 is 0.757 bits per heavy atom. The van der Waals surface area contributed by atoms with Crippen LogP contribution in [-0.4, -0.2) is 364 Å². The molecule has 144 heavy (non-hydrogen) atoms. The topological polar surface area (TPSA) is 687 Å². The van der Waals surface area contributed by atoms with Crippen LogP contribution in [0.3, 0.4) is 0 Å². The molecule has 0 aliphatic carbocycles. The monoisotopic (exact) mass is 2100 g/mol. The number of likely N-dealkylation sites (N-methyl/N-ethyl adjacent to an activating group) is 2. The van der Waals surface area contributed by atoms with Crippen molar-refractivity contribution in [2.75, 3.05) is 132 Å². The number of hydrogen-bond acceptors (Lipinski definition) is 27. The largest absolute Gasteiger partial charge is 3.00 e. The van der Waals surface area contributed by atoms with E-state index in [1.807, 2.05) is 72.8 Å². The first kappa shape index (κ1) is 115. The third-order valence-electron chi connectivity index (χ3n) is 24.6. The number of phenols is 2. The van der Waals surface area contributed by atoms with Gasteiger partial charge in [0.15, 0.2) is 11.9 Å². The summed E-state index contributed by atoms with van der Waals surface area (Å²) in [5, 5.41) is 112. The molecule has 3 aliphatic rings. The van der Waals surface area contributed by atoms with E-state index in [1.54, 1.807) is 12.1 Å². The van der Waals surface area contributed by atoms with Crippen molar-refractivity contribution in [2.24, 2.45) is 11.5 Å². The van der Waals surface area contributed by atoms with E-state index in [-0.39, 0.29) is 231 Å². The van der Waals surface area contributed by atoms with Crippen molar-refractivity contribution in [3.05, 3.63) is 156 Å². The maximum Gasteiger partial charge on any atom is 3.00 e. The zero-order valence-corrected chi connectivity index (χ0v) is 83.9. The zero-order chi connectivity index (χ0) is 104. The molecule has 3 aliphatic heterocycles. The number of amides is 15. The second-order valence-corrected chi connectivity index (χ2v) is 35.6. The predicted molar refractivity (Wildman–Crippen MR) is 523 cm³/mol. The summed E-state index contributed by atoms with van der Waals surface area (Å²) in [6.07, 6.45) is -1.90. The number of guanidine groups is 2. The number of rotatable bonds is 40. The number of aromatic hydroxyl groups is 2. The molecule has 9 rings (SSSR count). The molecule has 0 spiro atoms. The van der Waals surface area contributed by atoms with Gasteiger partial charge in [-0.2, -0.15) is 0 Å². The van der Waals surface area contributed by atoms with E-state index in [2.05, 4.69) is 74.4 Å². The van der Waals surface area contributed by atoms with Crippen molar-refractivity contribution < 1.29 is 107 Å². The van der Waals surface area contributed by atoms with Crippen LogP contribution < -0.4 is 101 Å². The van der Waals surface area contributed by atoms with Crippen LogP contribution >= 0.6 is 0 Å². The summed E-state index contributed by atoms with van der Waals surface area (Å²) < 4.78 is 0. The quantitative estimate of drug-likeness (QED) is 0.00966. The van der Waals surface area contributed by atoms with Crippen LogP contribution in [0.1, 0.15) is 106 Å². The van der Waals surface area contributed by atoms with Crippen LogP contribution in [0.2, 0.25) is 0 Å². The molecule has 6 aromatic carbocycles. The molecule has 22 N–H and O–H groups in total. The van der Waals surface area contributed by atoms with E-state index in [0.29, 0.717) is 22.3 Å². The first-order valence-electron chi connectivity index (χ1n) is 47.6. The minimum Gasteiger partial charge on any atom is -0.549 e. The first-order chi connectivity index (χ1) is 68.4. The number of fused-ring (bicyclic) bond motifs is 2. The number of benzene rings is 6. The molecule has 0 radical (unpaired) electrons. The Labute approximate surface area is 851 Å². The molecule has 0 aromatic heterocycles. The van der Waals surface area contributed by atoms with Crippen LogP contribution in [0.25, 0.3) is 21.5 Å². The number of aliphatic carboxylic acids is 3. The van der Waals surface area contributed by atoms with Crippen LogP contribution in [0, 0.1) is 10.8 Å². The van der Waals surface area contributed by atoms with E-state index in [0.717, 1.165) is 31.3 Å². The minimum atomic E-state index is -1.68. The zero-order valence-electron chi connectivity index (χ0n) is 80.6. The standard InChI is InChI=1S/C97H132N24O22.In/c1-116-77(91(139)112-70(18-10-38-104-95(98)99)89(137)114-72(52-62-23-29-64-14-5-7-16-66(64)48-62)87(135)107-55-81(126)110-75(93(116)141)50-60-25-31-68(122)32-26-60)20-12-36-102-80(125)54-74(109-79(124)22-4-3-9-35-106-97(143)121-46-44-119(58-84(130)131)42-40-118(57-83(128)129)41-43-120(45-47-121)59-85(132)133)86(134)103-37-13-21-78-92(140)113-71(19-11-39-105-96(100)101)90(138)115-73(53-63-24-30-65-15-6-8-17-67(65)49-63)88(136)108-56-82(127)111-76(94(142)117(78)2)51-61-27-33-69(123)34-28-61;/h5-8,14-17,23-34,48-49,70-78,122-123H,3-4,9-13,18-22,35-47,50-59H2,1-2H3,(H,102,125)(H,103,134)(H,106,143)(H,107,135)(H,108,136)(H,109,124)(H,110,126)(H,111,127)(H,112,139)(H,113,140)(H,114,137)(H,115,138)(H,128,129)(H,130,131)(H,132,133)(H4,98,99,104)(H4,100,101,105);/q;+3/p-3/t70-,71-,72-,73-,74+,75+,76+,77+,78+;/m0./s1. The Hall–Kier alpha value is -14.5. The van der Waals surface area contributed by atoms with Crippen molar-refractivity contribution in [3.8, 4) is 11.5 Å². The van der Waals surface area contributed by atoms with Gasteiger partial charge in [0.1, 0.15) is 65.9 Å². The summed E-state index contributed by atoms with van der Waals surface area (Å²) in [7, 11) is 2.57. The van der Waals surface area contributed by atoms with Gasteiger partial charge in [0.25, 0.3) is 0 Å². The SMILES string of the molecule is CN1C(=O)[C@@H](Cc2ccc(O)cc2)NC(=O)CNC(=O)[C@H](Cc2ccc3ccccc3c2)NC(=O)[C@H](CCCNC(=N)N)NC(=O)[C@H]1CCCNC(=O)C[C@@H](NC(=O)CCCCCNC(=O)N1CCN(CC(=O)[O-])CCN(CC(=O)[O-])CCN(CC(=O)[O-])CC1)C(=O)NCCC[C@@H]1C(=O)N[C@@H](CCCNC(=N)N)C(=O)N[C@@H](Cc2ccc3ccccc3c2)C(=O)NCC(=O)N[C@H](Cc2ccc(O)cc2)C(=O)N1C.[In+3]. The fourth-order valence-corrected chi connectivity index (χ4v) is 16.8. The Morgan fingerprint density at radius 1 is 0.396 bits per heavy atom. The predicted octanol–water partition coefficient (Wildman–Crippen LogP) is -6.95. The molecule has 46 nitrogen and oxygen atoms in total. The Bertz CT molecular complexity index is 5440. The number of nitrogens with one attached hydrogen (secondary N) is 16. The third-order valence-corrected chi connectivity index (χ3v) is 24.6. The molecular weight excluding hydrogens is 1970 g/mol. The van der Waals surface area contributed by atoms with Crippen LogP contribution in [-0.2, 0) is 102 Å². The maximum atomic E-state index is 15.3. The van der Waals surface area contributed by atoms with E-state index >= 15 is 19.2 Å². The van der Waals surface area contributed by atoms with E-state index in [4.69, 9.17) is 22.3 Å². The summed E-state index contributed by atoms with van der Waals surface area (Å²) in [4.78, 5) is 248. The number of nitrogens with two attached hydrogens (primary N) is 2. The molecule has 15 amide bonds. The van der Waals surface area contributed by atoms with Crippen molar-refractivity contribution in [2.45, 2.75) is 164 Å². The molecule has 772 valence electrons. The second kappa shape index (κ2) is 58.8. The molecule has 3 heterocycles. The van der Waals surface area contributed by atoms with E-state index < -0.39 is 200 Å². The van der Waals surface area contributed by atoms with Gasteiger partial charge in [0.2, 0.25) is 76.8 Å². The number of unbranched alkanes of at least 4 members (excludes halogenated alkanes) is 2. The molecule has 0 bridgehead atoms. The van der Waals surface area contributed by atoms with Crippen molar-refractivity contribution in [3.63, 3.8) is 0 Å². The molecule has 6 aromatic rings. The normalized spacial score (nSPS) is 19.7. The van der Waals surface area contributed by atoms with Gasteiger partial charge in [0, 0.05) is 151 Å². The van der Waals surface area contributed by atoms with Gasteiger partial charge in [0.05, 0.1) is 37.4 Å².